The molecule has 0 radical (unpaired) electrons. The Balaban J connectivity index is 1.80. The lowest BCUT2D eigenvalue weighted by molar-refractivity contribution is -0.137. The van der Waals surface area contributed by atoms with Crippen LogP contribution in [0.3, 0.4) is 0 Å². The van der Waals surface area contributed by atoms with E-state index < -0.39 is 11.7 Å². The van der Waals surface area contributed by atoms with Crippen molar-refractivity contribution in [3.05, 3.63) is 83.1 Å². The maximum Gasteiger partial charge on any atom is 0.416 e. The molecule has 0 fully saturated rings. The molecule has 22 heavy (non-hydrogen) atoms. The molecule has 1 aliphatic heterocycles. The summed E-state index contributed by atoms with van der Waals surface area (Å²) in [5.41, 5.74) is 2.60. The summed E-state index contributed by atoms with van der Waals surface area (Å²) in [6.45, 7) is 0. The van der Waals surface area contributed by atoms with Gasteiger partial charge in [0, 0.05) is 11.4 Å². The summed E-state index contributed by atoms with van der Waals surface area (Å²) in [6.07, 6.45) is 2.07. The topological polar surface area (TPSA) is 12.0 Å². The van der Waals surface area contributed by atoms with E-state index in [9.17, 15) is 13.2 Å². The van der Waals surface area contributed by atoms with Crippen LogP contribution in [0, 0.1) is 0 Å². The van der Waals surface area contributed by atoms with Crippen molar-refractivity contribution < 1.29 is 13.2 Å². The lowest BCUT2D eigenvalue weighted by Crippen LogP contribution is -2.10. The van der Waals surface area contributed by atoms with Crippen LogP contribution in [0.15, 0.2) is 66.4 Å². The molecule has 3 rings (SSSR count). The quantitative estimate of drug-likeness (QED) is 0.796. The molecule has 0 unspecified atom stereocenters. The van der Waals surface area contributed by atoms with Crippen LogP contribution < -0.4 is 5.32 Å². The molecule has 0 bridgehead atoms. The first-order chi connectivity index (χ1) is 10.5. The van der Waals surface area contributed by atoms with Gasteiger partial charge in [0.25, 0.3) is 0 Å². The molecule has 0 saturated carbocycles. The fourth-order valence-electron chi connectivity index (χ4n) is 2.33. The molecule has 1 nitrogen and oxygen atoms in total. The summed E-state index contributed by atoms with van der Waals surface area (Å²) in [5.74, 6) is 0. The Labute approximate surface area is 126 Å². The van der Waals surface area contributed by atoms with E-state index in [2.05, 4.69) is 5.32 Å². The van der Waals surface area contributed by atoms with Gasteiger partial charge < -0.3 is 5.32 Å². The lowest BCUT2D eigenvalue weighted by atomic mass is 10.0. The van der Waals surface area contributed by atoms with E-state index in [-0.39, 0.29) is 0 Å². The van der Waals surface area contributed by atoms with Gasteiger partial charge in [0.15, 0.2) is 0 Å². The minimum Gasteiger partial charge on any atom is -0.356 e. The number of hydrogen-bond donors (Lipinski definition) is 1. The molecule has 1 aliphatic rings. The zero-order chi connectivity index (χ0) is 15.6. The van der Waals surface area contributed by atoms with E-state index in [0.29, 0.717) is 12.1 Å². The highest BCUT2D eigenvalue weighted by Crippen LogP contribution is 2.34. The summed E-state index contributed by atoms with van der Waals surface area (Å²) in [4.78, 5) is 0. The van der Waals surface area contributed by atoms with Gasteiger partial charge in [0.1, 0.15) is 0 Å². The van der Waals surface area contributed by atoms with E-state index in [1.807, 2.05) is 48.6 Å². The number of nitrogens with one attached hydrogen (secondary N) is 1. The number of halogens is 3. The maximum atomic E-state index is 12.8. The van der Waals surface area contributed by atoms with Gasteiger partial charge in [-0.15, -0.1) is 0 Å². The third-order valence-corrected chi connectivity index (χ3v) is 3.51. The van der Waals surface area contributed by atoms with Gasteiger partial charge in [-0.1, -0.05) is 48.6 Å². The van der Waals surface area contributed by atoms with Crippen molar-refractivity contribution in [2.24, 2.45) is 0 Å². The van der Waals surface area contributed by atoms with E-state index in [0.717, 1.165) is 22.9 Å². The SMILES string of the molecule is FC(F)(F)c1ccc2c(c1)NC(/C=C/c1ccccc1)=CC2. The summed E-state index contributed by atoms with van der Waals surface area (Å²) in [7, 11) is 0. The van der Waals surface area contributed by atoms with Crippen molar-refractivity contribution in [3.8, 4) is 0 Å². The molecule has 0 atom stereocenters. The molecular weight excluding hydrogens is 287 g/mol. The van der Waals surface area contributed by atoms with E-state index in [4.69, 9.17) is 0 Å². The van der Waals surface area contributed by atoms with Crippen molar-refractivity contribution >= 4 is 11.8 Å². The van der Waals surface area contributed by atoms with Crippen LogP contribution in [0.4, 0.5) is 18.9 Å². The summed E-state index contributed by atoms with van der Waals surface area (Å²) < 4.78 is 38.3. The van der Waals surface area contributed by atoms with Crippen molar-refractivity contribution in [1.29, 1.82) is 0 Å². The predicted octanol–water partition coefficient (Wildman–Crippen LogP) is 5.27. The predicted molar refractivity (Wildman–Crippen MR) is 82.3 cm³/mol. The monoisotopic (exact) mass is 301 g/mol. The number of rotatable bonds is 2. The number of alkyl halides is 3. The first kappa shape index (κ1) is 14.4. The second-order valence-electron chi connectivity index (χ2n) is 5.10. The van der Waals surface area contributed by atoms with E-state index in [1.54, 1.807) is 0 Å². The molecule has 0 saturated heterocycles. The van der Waals surface area contributed by atoms with Gasteiger partial charge in [-0.3, -0.25) is 0 Å². The Morgan fingerprint density at radius 3 is 2.45 bits per heavy atom. The average Bonchev–Trinajstić information content (AvgIpc) is 2.52. The fourth-order valence-corrected chi connectivity index (χ4v) is 2.33. The Kier molecular flexibility index (Phi) is 3.75. The Hall–Kier alpha value is -2.49. The highest BCUT2D eigenvalue weighted by molar-refractivity contribution is 5.64. The molecule has 0 aliphatic carbocycles. The van der Waals surface area contributed by atoms with Gasteiger partial charge in [0.2, 0.25) is 0 Å². The second-order valence-corrected chi connectivity index (χ2v) is 5.10. The van der Waals surface area contributed by atoms with Crippen LogP contribution in [0.25, 0.3) is 6.08 Å². The largest absolute Gasteiger partial charge is 0.416 e. The van der Waals surface area contributed by atoms with Crippen molar-refractivity contribution in [3.63, 3.8) is 0 Å². The number of fused-ring (bicyclic) bond motifs is 1. The van der Waals surface area contributed by atoms with Gasteiger partial charge in [-0.05, 0) is 35.8 Å². The summed E-state index contributed by atoms with van der Waals surface area (Å²) >= 11 is 0. The molecule has 112 valence electrons. The van der Waals surface area contributed by atoms with Crippen LogP contribution >= 0.6 is 0 Å². The molecule has 4 heteroatoms. The molecule has 2 aromatic carbocycles. The average molecular weight is 301 g/mol. The minimum atomic E-state index is -4.32. The molecule has 2 aromatic rings. The van der Waals surface area contributed by atoms with E-state index >= 15 is 0 Å². The van der Waals surface area contributed by atoms with Crippen LogP contribution in [-0.4, -0.2) is 0 Å². The van der Waals surface area contributed by atoms with Crippen LogP contribution in [-0.2, 0) is 12.6 Å². The van der Waals surface area contributed by atoms with Crippen molar-refractivity contribution in [2.45, 2.75) is 12.6 Å². The van der Waals surface area contributed by atoms with Crippen molar-refractivity contribution in [2.75, 3.05) is 5.32 Å². The van der Waals surface area contributed by atoms with Gasteiger partial charge >= 0.3 is 6.18 Å². The number of anilines is 1. The lowest BCUT2D eigenvalue weighted by Gasteiger charge is -2.19. The smallest absolute Gasteiger partial charge is 0.356 e. The maximum absolute atomic E-state index is 12.8. The summed E-state index contributed by atoms with van der Waals surface area (Å²) in [5, 5.41) is 3.05. The zero-order valence-corrected chi connectivity index (χ0v) is 11.7. The van der Waals surface area contributed by atoms with Crippen molar-refractivity contribution in [1.82, 2.24) is 0 Å². The second kappa shape index (κ2) is 5.72. The van der Waals surface area contributed by atoms with Gasteiger partial charge in [-0.2, -0.15) is 13.2 Å². The zero-order valence-electron chi connectivity index (χ0n) is 11.7. The van der Waals surface area contributed by atoms with Crippen LogP contribution in [0.5, 0.6) is 0 Å². The number of benzene rings is 2. The molecule has 0 amide bonds. The Morgan fingerprint density at radius 1 is 0.955 bits per heavy atom. The third-order valence-electron chi connectivity index (χ3n) is 3.51. The first-order valence-corrected chi connectivity index (χ1v) is 6.93. The normalized spacial score (nSPS) is 14.4. The highest BCUT2D eigenvalue weighted by Gasteiger charge is 2.31. The Morgan fingerprint density at radius 2 is 1.73 bits per heavy atom. The molecule has 1 heterocycles. The minimum absolute atomic E-state index is 0.519. The van der Waals surface area contributed by atoms with Gasteiger partial charge in [0.05, 0.1) is 5.56 Å². The number of allylic oxidation sites excluding steroid dienone is 2. The van der Waals surface area contributed by atoms with E-state index in [1.165, 1.54) is 12.1 Å². The molecular formula is C18H14F3N. The Bertz CT molecular complexity index is 728. The first-order valence-electron chi connectivity index (χ1n) is 6.93. The standard InChI is InChI=1S/C18H14F3N/c19-18(20,21)15-9-7-14-8-11-16(22-17(14)12-15)10-6-13-4-2-1-3-5-13/h1-7,9-12,22H,8H2/b10-6+. The van der Waals surface area contributed by atoms with Crippen LogP contribution in [0.2, 0.25) is 0 Å². The fraction of sp³-hybridized carbons (Fsp3) is 0.111. The molecule has 1 N–H and O–H groups in total. The van der Waals surface area contributed by atoms with Gasteiger partial charge in [-0.25, -0.2) is 0 Å². The molecule has 0 aromatic heterocycles. The van der Waals surface area contributed by atoms with Crippen LogP contribution in [0.1, 0.15) is 16.7 Å². The molecule has 0 spiro atoms. The third kappa shape index (κ3) is 3.22. The summed E-state index contributed by atoms with van der Waals surface area (Å²) in [6, 6.07) is 13.6. The highest BCUT2D eigenvalue weighted by atomic mass is 19.4. The number of hydrogen-bond acceptors (Lipinski definition) is 1.